The van der Waals surface area contributed by atoms with Crippen molar-refractivity contribution in [3.8, 4) is 17.2 Å². The van der Waals surface area contributed by atoms with Gasteiger partial charge in [0.15, 0.2) is 11.5 Å². The van der Waals surface area contributed by atoms with Crippen molar-refractivity contribution in [1.29, 1.82) is 0 Å². The molecule has 0 atom stereocenters. The largest absolute Gasteiger partial charge is 0.504 e. The Morgan fingerprint density at radius 3 is 2.56 bits per heavy atom. The van der Waals surface area contributed by atoms with Crippen molar-refractivity contribution in [2.75, 3.05) is 12.4 Å². The molecular weight excluding hydrogens is 411 g/mol. The highest BCUT2D eigenvalue weighted by atomic mass is 19.1. The van der Waals surface area contributed by atoms with Crippen molar-refractivity contribution in [3.05, 3.63) is 83.7 Å². The third-order valence-corrected chi connectivity index (χ3v) is 5.25. The summed E-state index contributed by atoms with van der Waals surface area (Å²) in [5, 5.41) is 12.7. The zero-order chi connectivity index (χ0) is 22.5. The van der Waals surface area contributed by atoms with E-state index in [0.29, 0.717) is 30.3 Å². The summed E-state index contributed by atoms with van der Waals surface area (Å²) in [6.07, 6.45) is 1.92. The van der Waals surface area contributed by atoms with Crippen molar-refractivity contribution in [2.45, 2.75) is 32.0 Å². The molecule has 0 saturated heterocycles. The Hall–Kier alpha value is -3.74. The summed E-state index contributed by atoms with van der Waals surface area (Å²) in [7, 11) is 1.50. The fourth-order valence-corrected chi connectivity index (χ4v) is 3.38. The third kappa shape index (κ3) is 5.49. The lowest BCUT2D eigenvalue weighted by molar-refractivity contribution is 0.206. The van der Waals surface area contributed by atoms with Crippen LogP contribution in [0, 0.1) is 5.82 Å². The molecular formula is C25H25FN2O4. The average Bonchev–Trinajstić information content (AvgIpc) is 3.63. The zero-order valence-electron chi connectivity index (χ0n) is 17.8. The number of amides is 2. The maximum Gasteiger partial charge on any atom is 0.322 e. The fraction of sp³-hybridized carbons (Fsp3) is 0.240. The SMILES string of the molecule is COc1cc(CN(C(=O)Nc2cccc(OCc3ccc(F)cc3)c2)C2CC2)ccc1O. The molecule has 166 valence electrons. The monoisotopic (exact) mass is 436 g/mol. The standard InChI is InChI=1S/C25H25FN2O4/c1-31-24-13-18(7-12-23(24)29)15-28(21-10-11-21)25(30)27-20-3-2-4-22(14-20)32-16-17-5-8-19(26)9-6-17/h2-9,12-14,21,29H,10-11,15-16H2,1H3,(H,27,30). The van der Waals surface area contributed by atoms with E-state index in [2.05, 4.69) is 5.32 Å². The molecule has 1 aliphatic rings. The molecule has 2 amide bonds. The Balaban J connectivity index is 1.40. The molecule has 4 rings (SSSR count). The molecule has 0 bridgehead atoms. The summed E-state index contributed by atoms with van der Waals surface area (Å²) in [5.74, 6) is 0.763. The summed E-state index contributed by atoms with van der Waals surface area (Å²) in [5.41, 5.74) is 2.35. The van der Waals surface area contributed by atoms with Crippen molar-refractivity contribution < 1.29 is 23.8 Å². The van der Waals surface area contributed by atoms with Gasteiger partial charge < -0.3 is 24.8 Å². The number of hydrogen-bond donors (Lipinski definition) is 2. The van der Waals surface area contributed by atoms with Gasteiger partial charge in [-0.15, -0.1) is 0 Å². The van der Waals surface area contributed by atoms with Crippen LogP contribution in [0.5, 0.6) is 17.2 Å². The number of nitrogens with one attached hydrogen (secondary N) is 1. The first-order valence-electron chi connectivity index (χ1n) is 10.4. The van der Waals surface area contributed by atoms with Gasteiger partial charge in [0, 0.05) is 24.3 Å². The Bertz CT molecular complexity index is 1080. The van der Waals surface area contributed by atoms with Gasteiger partial charge in [0.2, 0.25) is 0 Å². The van der Waals surface area contributed by atoms with Crippen molar-refractivity contribution in [3.63, 3.8) is 0 Å². The molecule has 1 fully saturated rings. The van der Waals surface area contributed by atoms with Crippen LogP contribution in [0.3, 0.4) is 0 Å². The van der Waals surface area contributed by atoms with Gasteiger partial charge in [0.1, 0.15) is 18.2 Å². The lowest BCUT2D eigenvalue weighted by atomic mass is 10.2. The van der Waals surface area contributed by atoms with Gasteiger partial charge >= 0.3 is 6.03 Å². The van der Waals surface area contributed by atoms with E-state index < -0.39 is 0 Å². The van der Waals surface area contributed by atoms with E-state index in [1.807, 2.05) is 6.07 Å². The molecule has 1 aliphatic carbocycles. The number of rotatable bonds is 8. The molecule has 6 nitrogen and oxygen atoms in total. The number of anilines is 1. The predicted molar refractivity (Wildman–Crippen MR) is 119 cm³/mol. The normalized spacial score (nSPS) is 12.8. The molecule has 0 radical (unpaired) electrons. The van der Waals surface area contributed by atoms with Crippen LogP contribution in [0.1, 0.15) is 24.0 Å². The van der Waals surface area contributed by atoms with Gasteiger partial charge in [-0.2, -0.15) is 0 Å². The minimum absolute atomic E-state index is 0.0659. The Labute approximate surface area is 186 Å². The molecule has 0 heterocycles. The first kappa shape index (κ1) is 21.5. The minimum Gasteiger partial charge on any atom is -0.504 e. The summed E-state index contributed by atoms with van der Waals surface area (Å²) >= 11 is 0. The zero-order valence-corrected chi connectivity index (χ0v) is 17.8. The van der Waals surface area contributed by atoms with Gasteiger partial charge in [0.25, 0.3) is 0 Å². The van der Waals surface area contributed by atoms with E-state index in [0.717, 1.165) is 24.0 Å². The average molecular weight is 436 g/mol. The summed E-state index contributed by atoms with van der Waals surface area (Å²) in [6, 6.07) is 18.4. The van der Waals surface area contributed by atoms with E-state index >= 15 is 0 Å². The molecule has 32 heavy (non-hydrogen) atoms. The Morgan fingerprint density at radius 1 is 1.09 bits per heavy atom. The summed E-state index contributed by atoms with van der Waals surface area (Å²) < 4.78 is 24.0. The van der Waals surface area contributed by atoms with E-state index in [1.54, 1.807) is 53.4 Å². The minimum atomic E-state index is -0.288. The van der Waals surface area contributed by atoms with Crippen LogP contribution in [0.4, 0.5) is 14.9 Å². The molecule has 7 heteroatoms. The van der Waals surface area contributed by atoms with E-state index in [4.69, 9.17) is 9.47 Å². The Morgan fingerprint density at radius 2 is 1.84 bits per heavy atom. The number of aromatic hydroxyl groups is 1. The van der Waals surface area contributed by atoms with E-state index in [1.165, 1.54) is 19.2 Å². The second kappa shape index (κ2) is 9.60. The number of carbonyl (C=O) groups excluding carboxylic acids is 1. The maximum absolute atomic E-state index is 13.0. The van der Waals surface area contributed by atoms with Crippen LogP contribution in [-0.2, 0) is 13.2 Å². The number of phenols is 1. The number of urea groups is 1. The molecule has 0 unspecified atom stereocenters. The topological polar surface area (TPSA) is 71.0 Å². The maximum atomic E-state index is 13.0. The van der Waals surface area contributed by atoms with Crippen molar-refractivity contribution in [2.24, 2.45) is 0 Å². The second-order valence-corrected chi connectivity index (χ2v) is 7.74. The molecule has 2 N–H and O–H groups in total. The summed E-state index contributed by atoms with van der Waals surface area (Å²) in [4.78, 5) is 14.8. The number of ether oxygens (including phenoxy) is 2. The van der Waals surface area contributed by atoms with Gasteiger partial charge in [-0.25, -0.2) is 9.18 Å². The number of methoxy groups -OCH3 is 1. The highest BCUT2D eigenvalue weighted by Crippen LogP contribution is 2.32. The number of hydrogen-bond acceptors (Lipinski definition) is 4. The molecule has 0 spiro atoms. The van der Waals surface area contributed by atoms with Crippen LogP contribution in [0.2, 0.25) is 0 Å². The first-order chi connectivity index (χ1) is 15.5. The Kier molecular flexibility index (Phi) is 6.44. The molecule has 0 aliphatic heterocycles. The van der Waals surface area contributed by atoms with Crippen molar-refractivity contribution >= 4 is 11.7 Å². The number of carbonyl (C=O) groups is 1. The first-order valence-corrected chi connectivity index (χ1v) is 10.4. The lowest BCUT2D eigenvalue weighted by Crippen LogP contribution is -2.36. The third-order valence-electron chi connectivity index (χ3n) is 5.25. The fourth-order valence-electron chi connectivity index (χ4n) is 3.38. The van der Waals surface area contributed by atoms with E-state index in [-0.39, 0.29) is 23.6 Å². The van der Waals surface area contributed by atoms with Gasteiger partial charge in [-0.05, 0) is 60.4 Å². The van der Waals surface area contributed by atoms with Crippen LogP contribution < -0.4 is 14.8 Å². The summed E-state index contributed by atoms with van der Waals surface area (Å²) in [6.45, 7) is 0.711. The number of halogens is 1. The number of benzene rings is 3. The molecule has 0 aromatic heterocycles. The smallest absolute Gasteiger partial charge is 0.322 e. The van der Waals surface area contributed by atoms with Crippen LogP contribution in [-0.4, -0.2) is 29.2 Å². The van der Waals surface area contributed by atoms with E-state index in [9.17, 15) is 14.3 Å². The highest BCUT2D eigenvalue weighted by molar-refractivity contribution is 5.90. The predicted octanol–water partition coefficient (Wildman–Crippen LogP) is 5.32. The van der Waals surface area contributed by atoms with Crippen LogP contribution in [0.25, 0.3) is 0 Å². The lowest BCUT2D eigenvalue weighted by Gasteiger charge is -2.23. The van der Waals surface area contributed by atoms with Gasteiger partial charge in [0.05, 0.1) is 7.11 Å². The van der Waals surface area contributed by atoms with Crippen molar-refractivity contribution in [1.82, 2.24) is 4.90 Å². The number of phenolic OH excluding ortho intramolecular Hbond substituents is 1. The molecule has 3 aromatic carbocycles. The molecule has 3 aromatic rings. The van der Waals surface area contributed by atoms with Gasteiger partial charge in [-0.1, -0.05) is 24.3 Å². The van der Waals surface area contributed by atoms with Gasteiger partial charge in [-0.3, -0.25) is 0 Å². The molecule has 1 saturated carbocycles. The number of nitrogens with zero attached hydrogens (tertiary/aromatic N) is 1. The van der Waals surface area contributed by atoms with Crippen LogP contribution in [0.15, 0.2) is 66.7 Å². The quantitative estimate of drug-likeness (QED) is 0.502. The second-order valence-electron chi connectivity index (χ2n) is 7.74. The highest BCUT2D eigenvalue weighted by Gasteiger charge is 2.32. The van der Waals surface area contributed by atoms with Crippen LogP contribution >= 0.6 is 0 Å².